The molecule has 0 spiro atoms. The van der Waals surface area contributed by atoms with Gasteiger partial charge in [0.1, 0.15) is 5.75 Å². The van der Waals surface area contributed by atoms with Gasteiger partial charge in [-0.25, -0.2) is 0 Å². The molecule has 21 heavy (non-hydrogen) atoms. The summed E-state index contributed by atoms with van der Waals surface area (Å²) in [5.41, 5.74) is 0. The second kappa shape index (κ2) is 9.41. The van der Waals surface area contributed by atoms with Gasteiger partial charge in [0.2, 0.25) is 0 Å². The van der Waals surface area contributed by atoms with E-state index in [9.17, 15) is 0 Å². The number of halogens is 1. The lowest BCUT2D eigenvalue weighted by Gasteiger charge is -2.29. The van der Waals surface area contributed by atoms with Crippen molar-refractivity contribution in [3.05, 3.63) is 28.7 Å². The normalized spacial score (nSPS) is 25.8. The zero-order chi connectivity index (χ0) is 14.9. The fraction of sp³-hybridized carbons (Fsp3) is 0.625. The molecule has 4 nitrogen and oxygen atoms in total. The number of para-hydroxylation sites is 1. The molecule has 0 radical (unpaired) electrons. The number of benzene rings is 1. The van der Waals surface area contributed by atoms with Crippen LogP contribution in [0, 0.1) is 0 Å². The van der Waals surface area contributed by atoms with Crippen molar-refractivity contribution in [1.29, 1.82) is 0 Å². The molecule has 0 aromatic heterocycles. The van der Waals surface area contributed by atoms with Gasteiger partial charge in [-0.1, -0.05) is 12.1 Å². The Balaban J connectivity index is 0.000000173. The molecule has 2 heterocycles. The molecule has 0 saturated carbocycles. The van der Waals surface area contributed by atoms with Crippen molar-refractivity contribution in [3.63, 3.8) is 0 Å². The molecule has 0 aliphatic carbocycles. The van der Waals surface area contributed by atoms with Crippen LogP contribution in [0.1, 0.15) is 38.5 Å². The second-order valence-corrected chi connectivity index (χ2v) is 6.03. The number of phenolic OH excluding ortho intramolecular Hbond substituents is 1. The van der Waals surface area contributed by atoms with Gasteiger partial charge in [0, 0.05) is 13.2 Å². The molecule has 2 atom stereocenters. The third kappa shape index (κ3) is 6.34. The van der Waals surface area contributed by atoms with E-state index in [0.717, 1.165) is 30.5 Å². The van der Waals surface area contributed by atoms with Gasteiger partial charge in [0.25, 0.3) is 0 Å². The predicted octanol–water partition coefficient (Wildman–Crippen LogP) is 4.21. The Bertz CT molecular complexity index is 364. The molecule has 5 heteroatoms. The summed E-state index contributed by atoms with van der Waals surface area (Å²) < 4.78 is 17.4. The lowest BCUT2D eigenvalue weighted by atomic mass is 10.2. The van der Waals surface area contributed by atoms with Crippen LogP contribution in [0.3, 0.4) is 0 Å². The van der Waals surface area contributed by atoms with Crippen molar-refractivity contribution < 1.29 is 19.3 Å². The Morgan fingerprint density at radius 1 is 0.952 bits per heavy atom. The minimum Gasteiger partial charge on any atom is -0.507 e. The van der Waals surface area contributed by atoms with Gasteiger partial charge in [0.05, 0.1) is 4.47 Å². The van der Waals surface area contributed by atoms with Crippen LogP contribution in [-0.4, -0.2) is 30.9 Å². The van der Waals surface area contributed by atoms with Gasteiger partial charge in [-0.2, -0.15) is 0 Å². The van der Waals surface area contributed by atoms with Gasteiger partial charge < -0.3 is 19.3 Å². The number of hydrogen-bond donors (Lipinski definition) is 1. The largest absolute Gasteiger partial charge is 0.507 e. The highest BCUT2D eigenvalue weighted by Crippen LogP contribution is 2.21. The fourth-order valence-corrected chi connectivity index (χ4v) is 2.54. The smallest absolute Gasteiger partial charge is 0.160 e. The Morgan fingerprint density at radius 2 is 1.52 bits per heavy atom. The minimum atomic E-state index is -0.00292. The first-order valence-electron chi connectivity index (χ1n) is 7.58. The van der Waals surface area contributed by atoms with E-state index in [1.54, 1.807) is 18.2 Å². The van der Waals surface area contributed by atoms with Crippen molar-refractivity contribution in [3.8, 4) is 5.75 Å². The highest BCUT2D eigenvalue weighted by molar-refractivity contribution is 9.10. The highest BCUT2D eigenvalue weighted by Gasteiger charge is 2.21. The molecule has 2 fully saturated rings. The van der Waals surface area contributed by atoms with Crippen LogP contribution < -0.4 is 0 Å². The van der Waals surface area contributed by atoms with Gasteiger partial charge in [0.15, 0.2) is 12.6 Å². The van der Waals surface area contributed by atoms with Crippen LogP contribution in [0.2, 0.25) is 0 Å². The molecule has 1 aromatic rings. The molecule has 2 saturated heterocycles. The summed E-state index contributed by atoms with van der Waals surface area (Å²) in [4.78, 5) is 0. The monoisotopic (exact) mass is 358 g/mol. The Kier molecular flexibility index (Phi) is 7.50. The van der Waals surface area contributed by atoms with Crippen LogP contribution in [0.5, 0.6) is 5.75 Å². The summed E-state index contributed by atoms with van der Waals surface area (Å²) in [6.07, 6.45) is 6.83. The lowest BCUT2D eigenvalue weighted by molar-refractivity contribution is -0.264. The molecule has 118 valence electrons. The van der Waals surface area contributed by atoms with Crippen molar-refractivity contribution >= 4 is 15.9 Å². The van der Waals surface area contributed by atoms with E-state index in [1.165, 1.54) is 25.7 Å². The third-order valence-electron chi connectivity index (χ3n) is 3.43. The number of ether oxygens (including phenoxy) is 3. The van der Waals surface area contributed by atoms with Gasteiger partial charge >= 0.3 is 0 Å². The van der Waals surface area contributed by atoms with Crippen molar-refractivity contribution in [2.24, 2.45) is 0 Å². The molecule has 2 aliphatic rings. The number of hydrogen-bond acceptors (Lipinski definition) is 4. The van der Waals surface area contributed by atoms with E-state index >= 15 is 0 Å². The van der Waals surface area contributed by atoms with Crippen LogP contribution in [0.15, 0.2) is 28.7 Å². The summed E-state index contributed by atoms with van der Waals surface area (Å²) in [7, 11) is 0. The highest BCUT2D eigenvalue weighted by atomic mass is 79.9. The zero-order valence-electron chi connectivity index (χ0n) is 12.2. The molecular formula is C16H23BrO4. The van der Waals surface area contributed by atoms with Crippen LogP contribution >= 0.6 is 15.9 Å². The van der Waals surface area contributed by atoms with Crippen molar-refractivity contribution in [2.75, 3.05) is 13.2 Å². The second-order valence-electron chi connectivity index (χ2n) is 5.18. The summed E-state index contributed by atoms with van der Waals surface area (Å²) >= 11 is 3.15. The van der Waals surface area contributed by atoms with E-state index in [0.29, 0.717) is 0 Å². The summed E-state index contributed by atoms with van der Waals surface area (Å²) in [5.74, 6) is 0.285. The maximum atomic E-state index is 8.87. The van der Waals surface area contributed by atoms with Crippen LogP contribution in [-0.2, 0) is 14.2 Å². The van der Waals surface area contributed by atoms with Gasteiger partial charge in [-0.05, 0) is 66.6 Å². The summed E-state index contributed by atoms with van der Waals surface area (Å²) in [5, 5.41) is 8.87. The molecule has 0 amide bonds. The number of phenols is 1. The maximum absolute atomic E-state index is 8.87. The Morgan fingerprint density at radius 3 is 1.90 bits per heavy atom. The predicted molar refractivity (Wildman–Crippen MR) is 84.1 cm³/mol. The van der Waals surface area contributed by atoms with Gasteiger partial charge in [-0.3, -0.25) is 0 Å². The average molecular weight is 359 g/mol. The number of rotatable bonds is 2. The fourth-order valence-electron chi connectivity index (χ4n) is 2.26. The third-order valence-corrected chi connectivity index (χ3v) is 4.10. The Labute approximate surface area is 134 Å². The molecule has 3 rings (SSSR count). The Hall–Kier alpha value is -0.620. The van der Waals surface area contributed by atoms with E-state index in [-0.39, 0.29) is 18.3 Å². The first-order chi connectivity index (χ1) is 10.3. The van der Waals surface area contributed by atoms with E-state index in [4.69, 9.17) is 19.3 Å². The lowest BCUT2D eigenvalue weighted by Crippen LogP contribution is -2.31. The zero-order valence-corrected chi connectivity index (χ0v) is 13.8. The van der Waals surface area contributed by atoms with E-state index in [1.807, 2.05) is 6.07 Å². The van der Waals surface area contributed by atoms with Gasteiger partial charge in [-0.15, -0.1) is 0 Å². The van der Waals surface area contributed by atoms with E-state index in [2.05, 4.69) is 15.9 Å². The molecule has 2 aliphatic heterocycles. The SMILES string of the molecule is C1CCC(OC2CCCCO2)OC1.Oc1ccccc1Br. The molecule has 2 unspecified atom stereocenters. The average Bonchev–Trinajstić information content (AvgIpc) is 2.53. The first kappa shape index (κ1) is 16.7. The molecule has 1 aromatic carbocycles. The van der Waals surface area contributed by atoms with Crippen molar-refractivity contribution in [1.82, 2.24) is 0 Å². The molecule has 0 bridgehead atoms. The molecule has 1 N–H and O–H groups in total. The van der Waals surface area contributed by atoms with Crippen LogP contribution in [0.25, 0.3) is 0 Å². The minimum absolute atomic E-state index is 0.00292. The van der Waals surface area contributed by atoms with E-state index < -0.39 is 0 Å². The summed E-state index contributed by atoms with van der Waals surface area (Å²) in [6.45, 7) is 1.69. The first-order valence-corrected chi connectivity index (χ1v) is 8.37. The van der Waals surface area contributed by atoms with Crippen LogP contribution in [0.4, 0.5) is 0 Å². The maximum Gasteiger partial charge on any atom is 0.160 e. The number of aromatic hydroxyl groups is 1. The standard InChI is InChI=1S/C10H18O3.C6H5BrO/c1-3-7-11-9(5-1)13-10-6-2-4-8-12-10;7-5-3-1-2-4-6(5)8/h9-10H,1-8H2;1-4,8H. The topological polar surface area (TPSA) is 47.9 Å². The van der Waals surface area contributed by atoms with Crippen molar-refractivity contribution in [2.45, 2.75) is 51.1 Å². The summed E-state index contributed by atoms with van der Waals surface area (Å²) in [6, 6.07) is 7.04. The molecular weight excluding hydrogens is 336 g/mol. The quantitative estimate of drug-likeness (QED) is 0.859.